The molecule has 2 aromatic carbocycles. The lowest BCUT2D eigenvalue weighted by molar-refractivity contribution is -0.144. The third-order valence-electron chi connectivity index (χ3n) is 6.47. The molecule has 3 aromatic rings. The molecule has 2 atom stereocenters. The number of thioether (sulfide) groups is 1. The van der Waals surface area contributed by atoms with Crippen molar-refractivity contribution < 1.29 is 23.8 Å². The third-order valence-corrected chi connectivity index (χ3v) is 7.80. The lowest BCUT2D eigenvalue weighted by Gasteiger charge is -2.32. The van der Waals surface area contributed by atoms with Crippen molar-refractivity contribution in [2.24, 2.45) is 5.92 Å². The van der Waals surface area contributed by atoms with Gasteiger partial charge in [0, 0.05) is 12.1 Å². The van der Waals surface area contributed by atoms with Crippen LogP contribution in [-0.2, 0) is 16.2 Å². The second-order valence-electron chi connectivity index (χ2n) is 8.88. The van der Waals surface area contributed by atoms with Crippen LogP contribution in [0.3, 0.4) is 0 Å². The minimum Gasteiger partial charge on any atom is -0.488 e. The van der Waals surface area contributed by atoms with E-state index in [2.05, 4.69) is 0 Å². The Morgan fingerprint density at radius 2 is 1.89 bits per heavy atom. The Morgan fingerprint density at radius 1 is 1.11 bits per heavy atom. The number of hydrogen-bond donors (Lipinski definition) is 1. The van der Waals surface area contributed by atoms with Crippen molar-refractivity contribution in [1.82, 2.24) is 4.90 Å². The first-order chi connectivity index (χ1) is 17.5. The topological polar surface area (TPSA) is 80.0 Å². The van der Waals surface area contributed by atoms with Crippen LogP contribution >= 0.6 is 24.0 Å². The van der Waals surface area contributed by atoms with Crippen molar-refractivity contribution in [2.75, 3.05) is 0 Å². The summed E-state index contributed by atoms with van der Waals surface area (Å²) in [6, 6.07) is 21.1. The van der Waals surface area contributed by atoms with Gasteiger partial charge < -0.3 is 14.3 Å². The van der Waals surface area contributed by atoms with E-state index in [1.54, 1.807) is 11.0 Å². The highest BCUT2D eigenvalue weighted by molar-refractivity contribution is 8.26. The predicted molar refractivity (Wildman–Crippen MR) is 143 cm³/mol. The van der Waals surface area contributed by atoms with Gasteiger partial charge in [0.15, 0.2) is 0 Å². The van der Waals surface area contributed by atoms with E-state index in [0.29, 0.717) is 45.9 Å². The second-order valence-corrected chi connectivity index (χ2v) is 10.6. The predicted octanol–water partition coefficient (Wildman–Crippen LogP) is 6.37. The molecule has 0 bridgehead atoms. The lowest BCUT2D eigenvalue weighted by Crippen LogP contribution is -2.42. The fourth-order valence-electron chi connectivity index (χ4n) is 4.65. The third kappa shape index (κ3) is 5.24. The number of aliphatic carboxylic acids is 1. The minimum absolute atomic E-state index is 0.181. The van der Waals surface area contributed by atoms with E-state index in [9.17, 15) is 14.7 Å². The van der Waals surface area contributed by atoms with Crippen LogP contribution in [0.5, 0.6) is 5.75 Å². The molecule has 2 unspecified atom stereocenters. The molecule has 184 valence electrons. The van der Waals surface area contributed by atoms with Gasteiger partial charge in [-0.15, -0.1) is 0 Å². The van der Waals surface area contributed by atoms with Crippen LogP contribution in [0.25, 0.3) is 17.4 Å². The molecular formula is C28H25NO5S2. The summed E-state index contributed by atoms with van der Waals surface area (Å²) in [6.45, 7) is 0.442. The van der Waals surface area contributed by atoms with Crippen LogP contribution in [0.2, 0.25) is 0 Å². The lowest BCUT2D eigenvalue weighted by atomic mass is 9.85. The molecule has 6 nitrogen and oxygen atoms in total. The number of thiocarbonyl (C=S) groups is 1. The zero-order valence-corrected chi connectivity index (χ0v) is 21.1. The monoisotopic (exact) mass is 519 g/mol. The van der Waals surface area contributed by atoms with Crippen LogP contribution in [0, 0.1) is 5.92 Å². The van der Waals surface area contributed by atoms with Gasteiger partial charge in [0.2, 0.25) is 0 Å². The summed E-state index contributed by atoms with van der Waals surface area (Å²) in [5.41, 5.74) is 1.89. The van der Waals surface area contributed by atoms with Gasteiger partial charge in [-0.2, -0.15) is 0 Å². The number of hydrogen-bond acceptors (Lipinski definition) is 6. The Labute approximate surface area is 218 Å². The number of rotatable bonds is 7. The molecule has 36 heavy (non-hydrogen) atoms. The maximum absolute atomic E-state index is 13.2. The summed E-state index contributed by atoms with van der Waals surface area (Å²) in [5.74, 6) is 0.447. The quantitative estimate of drug-likeness (QED) is 0.287. The number of carbonyl (C=O) groups excluding carboxylic acids is 1. The van der Waals surface area contributed by atoms with Crippen molar-refractivity contribution in [3.05, 3.63) is 83.0 Å². The van der Waals surface area contributed by atoms with Crippen LogP contribution in [0.1, 0.15) is 37.0 Å². The zero-order chi connectivity index (χ0) is 25.1. The Bertz CT molecular complexity index is 1320. The molecule has 1 aliphatic heterocycles. The van der Waals surface area contributed by atoms with Gasteiger partial charge >= 0.3 is 5.97 Å². The van der Waals surface area contributed by atoms with Gasteiger partial charge in [0.25, 0.3) is 5.91 Å². The Balaban J connectivity index is 1.32. The van der Waals surface area contributed by atoms with Crippen molar-refractivity contribution >= 4 is 46.3 Å². The number of carboxylic acids is 1. The van der Waals surface area contributed by atoms with Gasteiger partial charge in [-0.3, -0.25) is 14.5 Å². The highest BCUT2D eigenvalue weighted by atomic mass is 32.2. The number of carboxylic acid groups (broad SMARTS) is 1. The summed E-state index contributed by atoms with van der Waals surface area (Å²) in [4.78, 5) is 26.7. The molecule has 5 rings (SSSR count). The molecule has 1 saturated carbocycles. The van der Waals surface area contributed by atoms with Gasteiger partial charge in [0.05, 0.1) is 16.4 Å². The van der Waals surface area contributed by atoms with Crippen molar-refractivity contribution in [2.45, 2.75) is 38.3 Å². The van der Waals surface area contributed by atoms with Gasteiger partial charge in [-0.1, -0.05) is 72.9 Å². The van der Waals surface area contributed by atoms with Crippen LogP contribution in [-0.4, -0.2) is 32.2 Å². The summed E-state index contributed by atoms with van der Waals surface area (Å²) in [7, 11) is 0. The van der Waals surface area contributed by atoms with Gasteiger partial charge in [-0.05, 0) is 49.1 Å². The maximum atomic E-state index is 13.2. The second kappa shape index (κ2) is 10.7. The zero-order valence-electron chi connectivity index (χ0n) is 19.5. The molecule has 2 aliphatic rings. The van der Waals surface area contributed by atoms with E-state index >= 15 is 0 Å². The van der Waals surface area contributed by atoms with Gasteiger partial charge in [-0.25, -0.2) is 0 Å². The smallest absolute Gasteiger partial charge is 0.306 e. The molecule has 1 aromatic heterocycles. The number of amides is 1. The number of ether oxygens (including phenoxy) is 1. The first kappa shape index (κ1) is 24.3. The Morgan fingerprint density at radius 3 is 2.69 bits per heavy atom. The normalized spacial score (nSPS) is 21.2. The number of para-hydroxylation sites is 1. The van der Waals surface area contributed by atoms with Crippen molar-refractivity contribution in [1.29, 1.82) is 0 Å². The average Bonchev–Trinajstić information content (AvgIpc) is 3.47. The van der Waals surface area contributed by atoms with Crippen molar-refractivity contribution in [3.63, 3.8) is 0 Å². The number of benzene rings is 2. The molecule has 0 spiro atoms. The van der Waals surface area contributed by atoms with Crippen LogP contribution in [0.4, 0.5) is 0 Å². The minimum atomic E-state index is -0.808. The van der Waals surface area contributed by atoms with E-state index in [4.69, 9.17) is 21.4 Å². The molecule has 2 heterocycles. The number of nitrogens with zero attached hydrogens (tertiary/aromatic N) is 1. The van der Waals surface area contributed by atoms with Crippen molar-refractivity contribution in [3.8, 4) is 17.1 Å². The molecule has 1 amide bonds. The summed E-state index contributed by atoms with van der Waals surface area (Å²) < 4.78 is 12.6. The average molecular weight is 520 g/mol. The van der Waals surface area contributed by atoms with E-state index in [1.165, 1.54) is 11.8 Å². The highest BCUT2D eigenvalue weighted by Crippen LogP contribution is 2.39. The fourth-order valence-corrected chi connectivity index (χ4v) is 6.03. The summed E-state index contributed by atoms with van der Waals surface area (Å²) in [6.07, 6.45) is 4.30. The number of carbonyl (C=O) groups is 2. The van der Waals surface area contributed by atoms with E-state index in [0.717, 1.165) is 24.0 Å². The maximum Gasteiger partial charge on any atom is 0.306 e. The molecule has 1 N–H and O–H groups in total. The summed E-state index contributed by atoms with van der Waals surface area (Å²) in [5, 5.41) is 9.41. The standard InChI is InChI=1S/C28H25NO5S2/c30-26-25(36-28(35)29(26)20-10-6-9-19(15-20)27(31)32)16-21-13-14-24(34-21)22-11-4-5-12-23(22)33-17-18-7-2-1-3-8-18/h1-5,7-8,11-14,16,19-20H,6,9-10,15,17H2,(H,31,32). The van der Waals surface area contributed by atoms with E-state index < -0.39 is 11.9 Å². The highest BCUT2D eigenvalue weighted by Gasteiger charge is 2.40. The number of furan rings is 1. The van der Waals surface area contributed by atoms with Crippen LogP contribution < -0.4 is 4.74 Å². The Hall–Kier alpha value is -3.36. The van der Waals surface area contributed by atoms with Gasteiger partial charge in [0.1, 0.15) is 28.2 Å². The molecular weight excluding hydrogens is 494 g/mol. The fraction of sp³-hybridized carbons (Fsp3) is 0.250. The SMILES string of the molecule is O=C(O)C1CCCC(N2C(=O)C(=Cc3ccc(-c4ccccc4OCc4ccccc4)o3)SC2=S)C1. The molecule has 1 saturated heterocycles. The first-order valence-corrected chi connectivity index (χ1v) is 13.1. The molecule has 1 aliphatic carbocycles. The van der Waals surface area contributed by atoms with Crippen LogP contribution in [0.15, 0.2) is 76.1 Å². The molecule has 0 radical (unpaired) electrons. The summed E-state index contributed by atoms with van der Waals surface area (Å²) >= 11 is 6.73. The Kier molecular flexibility index (Phi) is 7.25. The van der Waals surface area contributed by atoms with E-state index in [1.807, 2.05) is 66.7 Å². The largest absolute Gasteiger partial charge is 0.488 e. The molecule has 8 heteroatoms. The first-order valence-electron chi connectivity index (χ1n) is 11.9. The molecule has 2 fully saturated rings. The van der Waals surface area contributed by atoms with E-state index in [-0.39, 0.29) is 11.9 Å².